The van der Waals surface area contributed by atoms with Crippen LogP contribution in [0.2, 0.25) is 0 Å². The Morgan fingerprint density at radius 1 is 1.16 bits per heavy atom. The van der Waals surface area contributed by atoms with Gasteiger partial charge in [-0.3, -0.25) is 14.5 Å². The van der Waals surface area contributed by atoms with Gasteiger partial charge in [0.05, 0.1) is 32.3 Å². The van der Waals surface area contributed by atoms with Crippen LogP contribution in [0.3, 0.4) is 0 Å². The number of carbonyl (C=O) groups excluding carboxylic acids is 1. The Kier molecular flexibility index (Phi) is 7.43. The third kappa shape index (κ3) is 4.99. The molecule has 10 nitrogen and oxygen atoms in total. The summed E-state index contributed by atoms with van der Waals surface area (Å²) in [5.74, 6) is -2.41. The number of methoxy groups -OCH3 is 2. The third-order valence-electron chi connectivity index (χ3n) is 5.97. The maximum atomic E-state index is 15.1. The number of benzene rings is 1. The van der Waals surface area contributed by atoms with E-state index >= 15 is 8.78 Å². The molecule has 13 heteroatoms. The molecule has 37 heavy (non-hydrogen) atoms. The van der Waals surface area contributed by atoms with Crippen molar-refractivity contribution >= 4 is 36.3 Å². The summed E-state index contributed by atoms with van der Waals surface area (Å²) in [6, 6.07) is 4.19. The van der Waals surface area contributed by atoms with Gasteiger partial charge in [0.2, 0.25) is 5.91 Å². The average molecular weight is 530 g/mol. The van der Waals surface area contributed by atoms with Crippen LogP contribution in [-0.2, 0) is 18.4 Å². The molecule has 1 aromatic carbocycles. The van der Waals surface area contributed by atoms with Gasteiger partial charge in [0, 0.05) is 43.9 Å². The first-order valence-electron chi connectivity index (χ1n) is 11.2. The minimum absolute atomic E-state index is 0. The van der Waals surface area contributed by atoms with Gasteiger partial charge < -0.3 is 19.4 Å². The molecule has 0 aliphatic carbocycles. The summed E-state index contributed by atoms with van der Waals surface area (Å²) in [5, 5.41) is 7.10. The molecule has 4 heterocycles. The molecule has 1 aliphatic heterocycles. The predicted octanol–water partition coefficient (Wildman–Crippen LogP) is 2.75. The van der Waals surface area contributed by atoms with Gasteiger partial charge in [0.25, 0.3) is 0 Å². The van der Waals surface area contributed by atoms with Crippen molar-refractivity contribution in [3.05, 3.63) is 53.9 Å². The maximum absolute atomic E-state index is 15.1. The monoisotopic (exact) mass is 529 g/mol. The minimum atomic E-state index is -0.966. The van der Waals surface area contributed by atoms with Gasteiger partial charge in [-0.2, -0.15) is 18.6 Å². The molecule has 0 spiro atoms. The van der Waals surface area contributed by atoms with E-state index in [0.29, 0.717) is 29.7 Å². The summed E-state index contributed by atoms with van der Waals surface area (Å²) in [5.41, 5.74) is 1.96. The lowest BCUT2D eigenvalue weighted by Gasteiger charge is -2.16. The molecule has 1 aliphatic rings. The van der Waals surface area contributed by atoms with E-state index in [4.69, 9.17) is 14.5 Å². The zero-order valence-electron chi connectivity index (χ0n) is 20.3. The van der Waals surface area contributed by atoms with Crippen molar-refractivity contribution in [1.29, 1.82) is 0 Å². The van der Waals surface area contributed by atoms with Crippen LogP contribution in [0.4, 0.5) is 14.5 Å². The number of rotatable bonds is 6. The summed E-state index contributed by atoms with van der Waals surface area (Å²) < 4.78 is 43.6. The number of amides is 1. The fraction of sp³-hybridized carbons (Fsp3) is 0.292. The molecule has 0 saturated carbocycles. The lowest BCUT2D eigenvalue weighted by molar-refractivity contribution is -0.119. The van der Waals surface area contributed by atoms with Crippen LogP contribution in [-0.4, -0.2) is 50.5 Å². The van der Waals surface area contributed by atoms with Crippen LogP contribution in [0.5, 0.6) is 11.5 Å². The van der Waals surface area contributed by atoms with Gasteiger partial charge in [-0.25, -0.2) is 18.8 Å². The second-order valence-corrected chi connectivity index (χ2v) is 8.34. The highest BCUT2D eigenvalue weighted by Crippen LogP contribution is 2.36. The molecular weight excluding hydrogens is 504 g/mol. The molecule has 3 aromatic heterocycles. The van der Waals surface area contributed by atoms with E-state index in [2.05, 4.69) is 20.4 Å². The van der Waals surface area contributed by atoms with E-state index in [1.54, 1.807) is 47.0 Å². The van der Waals surface area contributed by atoms with Crippen LogP contribution in [0.25, 0.3) is 22.4 Å². The Labute approximate surface area is 217 Å². The van der Waals surface area contributed by atoms with Crippen molar-refractivity contribution < 1.29 is 23.0 Å². The van der Waals surface area contributed by atoms with Crippen molar-refractivity contribution in [3.63, 3.8) is 0 Å². The lowest BCUT2D eigenvalue weighted by atomic mass is 10.2. The predicted molar refractivity (Wildman–Crippen MR) is 136 cm³/mol. The number of pyridine rings is 1. The minimum Gasteiger partial charge on any atom is -0.493 e. The van der Waals surface area contributed by atoms with E-state index in [1.807, 2.05) is 0 Å². The normalized spacial score (nSPS) is 15.5. The van der Waals surface area contributed by atoms with E-state index in [9.17, 15) is 4.79 Å². The van der Waals surface area contributed by atoms with Crippen molar-refractivity contribution in [1.82, 2.24) is 29.6 Å². The SMILES string of the molecule is COc1cc(OC)c(F)c(N=c2ccc3ncc(-c4cnn(C)c4)nc3n2CC2CCC(=O)N2)c1F.S. The number of nitrogens with zero attached hydrogens (tertiary/aromatic N) is 6. The summed E-state index contributed by atoms with van der Waals surface area (Å²) >= 11 is 0. The van der Waals surface area contributed by atoms with Crippen LogP contribution in [0.1, 0.15) is 12.8 Å². The first kappa shape index (κ1) is 26.1. The second-order valence-electron chi connectivity index (χ2n) is 8.34. The van der Waals surface area contributed by atoms with Crippen molar-refractivity contribution in [3.8, 4) is 22.8 Å². The molecule has 194 valence electrons. The topological polar surface area (TPSA) is 108 Å². The molecule has 1 fully saturated rings. The Bertz CT molecular complexity index is 1530. The first-order chi connectivity index (χ1) is 17.4. The van der Waals surface area contributed by atoms with E-state index in [0.717, 1.165) is 11.6 Å². The number of carbonyl (C=O) groups is 1. The highest BCUT2D eigenvalue weighted by Gasteiger charge is 2.24. The number of aryl methyl sites for hydroxylation is 1. The van der Waals surface area contributed by atoms with Crippen LogP contribution >= 0.6 is 13.5 Å². The van der Waals surface area contributed by atoms with Gasteiger partial charge in [-0.15, -0.1) is 0 Å². The number of aromatic nitrogens is 5. The zero-order valence-corrected chi connectivity index (χ0v) is 21.3. The Hall–Kier alpha value is -4.00. The fourth-order valence-electron chi connectivity index (χ4n) is 4.15. The van der Waals surface area contributed by atoms with Gasteiger partial charge in [-0.1, -0.05) is 0 Å². The molecular formula is C24H25F2N7O3S. The van der Waals surface area contributed by atoms with E-state index in [-0.39, 0.29) is 49.0 Å². The largest absolute Gasteiger partial charge is 0.493 e. The summed E-state index contributed by atoms with van der Waals surface area (Å²) in [7, 11) is 4.34. The zero-order chi connectivity index (χ0) is 25.4. The second kappa shape index (κ2) is 10.5. The molecule has 1 unspecified atom stereocenters. The molecule has 1 atom stereocenters. The van der Waals surface area contributed by atoms with Gasteiger partial charge >= 0.3 is 0 Å². The van der Waals surface area contributed by atoms with Crippen LogP contribution in [0.15, 0.2) is 41.8 Å². The summed E-state index contributed by atoms with van der Waals surface area (Å²) in [4.78, 5) is 25.5. The van der Waals surface area contributed by atoms with Crippen molar-refractivity contribution in [2.45, 2.75) is 25.4 Å². The van der Waals surface area contributed by atoms with E-state index in [1.165, 1.54) is 14.2 Å². The third-order valence-corrected chi connectivity index (χ3v) is 5.97. The molecule has 1 saturated heterocycles. The first-order valence-corrected chi connectivity index (χ1v) is 11.2. The number of hydrogen-bond donors (Lipinski definition) is 1. The van der Waals surface area contributed by atoms with Gasteiger partial charge in [-0.05, 0) is 18.6 Å². The number of hydrogen-bond acceptors (Lipinski definition) is 7. The Morgan fingerprint density at radius 2 is 1.89 bits per heavy atom. The number of halogens is 2. The smallest absolute Gasteiger partial charge is 0.220 e. The molecule has 0 bridgehead atoms. The quantitative estimate of drug-likeness (QED) is 0.412. The maximum Gasteiger partial charge on any atom is 0.220 e. The van der Waals surface area contributed by atoms with Crippen molar-refractivity contribution in [2.75, 3.05) is 14.2 Å². The summed E-state index contributed by atoms with van der Waals surface area (Å²) in [6.07, 6.45) is 6.10. The highest BCUT2D eigenvalue weighted by molar-refractivity contribution is 7.59. The molecule has 0 radical (unpaired) electrons. The number of fused-ring (bicyclic) bond motifs is 1. The van der Waals surface area contributed by atoms with E-state index < -0.39 is 17.3 Å². The number of ether oxygens (including phenoxy) is 2. The van der Waals surface area contributed by atoms with Gasteiger partial charge in [0.1, 0.15) is 16.7 Å². The Balaban J connectivity index is 0.00000320. The molecule has 1 N–H and O–H groups in total. The molecule has 4 aromatic rings. The summed E-state index contributed by atoms with van der Waals surface area (Å²) in [6.45, 7) is 0.275. The standard InChI is InChI=1S/C24H23F2N7O3.H2S/c1-32-11-13(9-28-32)16-10-27-15-5-6-19(33(24(15)30-16)12-14-4-7-20(34)29-14)31-23-21(25)17(35-2)8-18(36-3)22(23)26;/h5-6,8-11,14H,4,7,12H2,1-3H3,(H,29,34);1H2. The Morgan fingerprint density at radius 3 is 2.49 bits per heavy atom. The average Bonchev–Trinajstić information content (AvgIpc) is 3.50. The van der Waals surface area contributed by atoms with Gasteiger partial charge in [0.15, 0.2) is 28.8 Å². The molecule has 1 amide bonds. The lowest BCUT2D eigenvalue weighted by Crippen LogP contribution is -2.34. The fourth-order valence-corrected chi connectivity index (χ4v) is 4.15. The van der Waals surface area contributed by atoms with Crippen molar-refractivity contribution in [2.24, 2.45) is 12.0 Å². The highest BCUT2D eigenvalue weighted by atomic mass is 32.1. The molecule has 5 rings (SSSR count). The van der Waals surface area contributed by atoms with Crippen LogP contribution < -0.4 is 20.3 Å². The number of nitrogens with one attached hydrogen (secondary N) is 1. The van der Waals surface area contributed by atoms with Crippen LogP contribution in [0, 0.1) is 11.6 Å².